The van der Waals surface area contributed by atoms with Crippen molar-refractivity contribution in [3.63, 3.8) is 0 Å². The SMILES string of the molecule is FC(F)(F)Oc1ccc(-n2cnc(-c3ccc(NC(=S)Nc4ncccc4-c4cccnc4)cc3)n2)cc1. The summed E-state index contributed by atoms with van der Waals surface area (Å²) in [5, 5.41) is 11.0. The average molecular weight is 534 g/mol. The van der Waals surface area contributed by atoms with E-state index in [9.17, 15) is 13.2 Å². The minimum atomic E-state index is -4.75. The van der Waals surface area contributed by atoms with Gasteiger partial charge in [-0.3, -0.25) is 4.98 Å². The smallest absolute Gasteiger partial charge is 0.406 e. The first-order valence-corrected chi connectivity index (χ1v) is 11.6. The second kappa shape index (κ2) is 10.6. The number of nitrogens with zero attached hydrogens (tertiary/aromatic N) is 5. The van der Waals surface area contributed by atoms with Crippen LogP contribution < -0.4 is 15.4 Å². The number of anilines is 2. The number of halogens is 3. The summed E-state index contributed by atoms with van der Waals surface area (Å²) in [4.78, 5) is 12.9. The van der Waals surface area contributed by atoms with E-state index in [0.29, 0.717) is 22.4 Å². The number of thiocarbonyl (C=S) groups is 1. The number of hydrogen-bond acceptors (Lipinski definition) is 6. The number of hydrogen-bond donors (Lipinski definition) is 2. The summed E-state index contributed by atoms with van der Waals surface area (Å²) in [6, 6.07) is 20.2. The summed E-state index contributed by atoms with van der Waals surface area (Å²) in [5.74, 6) is 0.734. The summed E-state index contributed by atoms with van der Waals surface area (Å²) in [7, 11) is 0. The zero-order valence-electron chi connectivity index (χ0n) is 19.4. The normalized spacial score (nSPS) is 11.1. The second-order valence-electron chi connectivity index (χ2n) is 7.85. The molecule has 3 aromatic heterocycles. The van der Waals surface area contributed by atoms with Crippen LogP contribution in [0.15, 0.2) is 97.7 Å². The molecule has 0 spiro atoms. The minimum absolute atomic E-state index is 0.312. The molecule has 8 nitrogen and oxygen atoms in total. The Morgan fingerprint density at radius 2 is 1.61 bits per heavy atom. The largest absolute Gasteiger partial charge is 0.573 e. The molecule has 0 fully saturated rings. The summed E-state index contributed by atoms with van der Waals surface area (Å²) in [5.41, 5.74) is 3.80. The zero-order valence-corrected chi connectivity index (χ0v) is 20.2. The first-order chi connectivity index (χ1) is 18.3. The topological polar surface area (TPSA) is 89.8 Å². The Hall–Kier alpha value is -4.84. The lowest BCUT2D eigenvalue weighted by atomic mass is 10.1. The van der Waals surface area contributed by atoms with Gasteiger partial charge in [0.25, 0.3) is 0 Å². The fraction of sp³-hybridized carbons (Fsp3) is 0.0385. The molecule has 0 amide bonds. The maximum Gasteiger partial charge on any atom is 0.573 e. The lowest BCUT2D eigenvalue weighted by molar-refractivity contribution is -0.274. The van der Waals surface area contributed by atoms with Gasteiger partial charge in [0.1, 0.15) is 17.9 Å². The van der Waals surface area contributed by atoms with Gasteiger partial charge in [0.2, 0.25) is 0 Å². The first kappa shape index (κ1) is 24.8. The molecule has 0 atom stereocenters. The number of benzene rings is 2. The molecule has 0 aliphatic rings. The van der Waals surface area contributed by atoms with Gasteiger partial charge in [-0.2, -0.15) is 0 Å². The molecule has 0 saturated carbocycles. The van der Waals surface area contributed by atoms with Crippen molar-refractivity contribution in [1.82, 2.24) is 24.7 Å². The van der Waals surface area contributed by atoms with Gasteiger partial charge in [-0.25, -0.2) is 14.6 Å². The van der Waals surface area contributed by atoms with Crippen molar-refractivity contribution in [2.45, 2.75) is 6.36 Å². The molecular weight excluding hydrogens is 515 g/mol. The van der Waals surface area contributed by atoms with Crippen LogP contribution in [0, 0.1) is 0 Å². The van der Waals surface area contributed by atoms with Crippen LogP contribution in [0.2, 0.25) is 0 Å². The van der Waals surface area contributed by atoms with Crippen molar-refractivity contribution in [3.8, 4) is 34.0 Å². The monoisotopic (exact) mass is 533 g/mol. The molecule has 2 N–H and O–H groups in total. The van der Waals surface area contributed by atoms with E-state index >= 15 is 0 Å². The first-order valence-electron chi connectivity index (χ1n) is 11.2. The molecule has 0 aliphatic heterocycles. The van der Waals surface area contributed by atoms with Crippen molar-refractivity contribution in [2.75, 3.05) is 10.6 Å². The van der Waals surface area contributed by atoms with Gasteiger partial charge in [-0.15, -0.1) is 18.3 Å². The van der Waals surface area contributed by atoms with Gasteiger partial charge in [0.15, 0.2) is 10.9 Å². The number of rotatable bonds is 6. The average Bonchev–Trinajstić information content (AvgIpc) is 3.40. The van der Waals surface area contributed by atoms with E-state index in [1.54, 1.807) is 18.6 Å². The van der Waals surface area contributed by atoms with Crippen LogP contribution in [0.25, 0.3) is 28.2 Å². The third kappa shape index (κ3) is 6.10. The van der Waals surface area contributed by atoms with Crippen molar-refractivity contribution in [2.24, 2.45) is 0 Å². The van der Waals surface area contributed by atoms with Crippen molar-refractivity contribution in [3.05, 3.63) is 97.7 Å². The van der Waals surface area contributed by atoms with Crippen LogP contribution in [0.3, 0.4) is 0 Å². The molecule has 38 heavy (non-hydrogen) atoms. The Morgan fingerprint density at radius 1 is 0.842 bits per heavy atom. The molecule has 190 valence electrons. The maximum absolute atomic E-state index is 12.4. The van der Waals surface area contributed by atoms with E-state index in [4.69, 9.17) is 12.2 Å². The van der Waals surface area contributed by atoms with Crippen LogP contribution in [0.1, 0.15) is 0 Å². The highest BCUT2D eigenvalue weighted by Gasteiger charge is 2.31. The Labute approximate surface area is 220 Å². The molecule has 0 unspecified atom stereocenters. The molecule has 5 aromatic rings. The third-order valence-corrected chi connectivity index (χ3v) is 5.44. The van der Waals surface area contributed by atoms with Crippen molar-refractivity contribution in [1.29, 1.82) is 0 Å². The zero-order chi connectivity index (χ0) is 26.5. The summed E-state index contributed by atoms with van der Waals surface area (Å²) in [6.07, 6.45) is 1.87. The van der Waals surface area contributed by atoms with Crippen molar-refractivity contribution >= 4 is 28.8 Å². The summed E-state index contributed by atoms with van der Waals surface area (Å²) in [6.45, 7) is 0. The van der Waals surface area contributed by atoms with Gasteiger partial charge >= 0.3 is 6.36 Å². The second-order valence-corrected chi connectivity index (χ2v) is 8.26. The van der Waals surface area contributed by atoms with E-state index in [0.717, 1.165) is 22.4 Å². The highest BCUT2D eigenvalue weighted by Crippen LogP contribution is 2.26. The van der Waals surface area contributed by atoms with Crippen LogP contribution in [0.4, 0.5) is 24.7 Å². The molecule has 12 heteroatoms. The maximum atomic E-state index is 12.4. The standard InChI is InChI=1S/C26H18F3N7OS/c27-26(28,29)37-21-11-9-20(10-12-21)36-16-32-23(35-36)17-5-7-19(8-6-17)33-25(38)34-24-22(4-2-14-31-24)18-3-1-13-30-15-18/h1-16H,(H2,31,33,34,38). The van der Waals surface area contributed by atoms with E-state index < -0.39 is 6.36 Å². The Balaban J connectivity index is 1.23. The highest BCUT2D eigenvalue weighted by molar-refractivity contribution is 7.80. The molecule has 5 rings (SSSR count). The Kier molecular flexibility index (Phi) is 6.96. The van der Waals surface area contributed by atoms with Crippen LogP contribution in [-0.2, 0) is 0 Å². The molecule has 2 aromatic carbocycles. The number of pyridine rings is 2. The predicted molar refractivity (Wildman–Crippen MR) is 141 cm³/mol. The number of aromatic nitrogens is 5. The third-order valence-electron chi connectivity index (χ3n) is 5.24. The Bertz CT molecular complexity index is 1540. The molecule has 0 radical (unpaired) electrons. The quantitative estimate of drug-likeness (QED) is 0.253. The fourth-order valence-corrected chi connectivity index (χ4v) is 3.77. The lowest BCUT2D eigenvalue weighted by Crippen LogP contribution is -2.20. The molecule has 0 saturated heterocycles. The van der Waals surface area contributed by atoms with E-state index in [-0.39, 0.29) is 5.75 Å². The minimum Gasteiger partial charge on any atom is -0.406 e. The van der Waals surface area contributed by atoms with Gasteiger partial charge in [-0.05, 0) is 78.9 Å². The predicted octanol–water partition coefficient (Wildman–Crippen LogP) is 6.10. The summed E-state index contributed by atoms with van der Waals surface area (Å²) < 4.78 is 42.4. The summed E-state index contributed by atoms with van der Waals surface area (Å²) >= 11 is 5.47. The number of ether oxygens (including phenoxy) is 1. The van der Waals surface area contributed by atoms with Gasteiger partial charge in [-0.1, -0.05) is 6.07 Å². The van der Waals surface area contributed by atoms with Crippen LogP contribution in [0.5, 0.6) is 5.75 Å². The fourth-order valence-electron chi connectivity index (χ4n) is 3.55. The van der Waals surface area contributed by atoms with Gasteiger partial charge in [0.05, 0.1) is 5.69 Å². The van der Waals surface area contributed by atoms with E-state index in [1.165, 1.54) is 35.3 Å². The van der Waals surface area contributed by atoms with Gasteiger partial charge in [0, 0.05) is 41.0 Å². The molecule has 0 aliphatic carbocycles. The molecule has 0 bridgehead atoms. The molecular formula is C26H18F3N7OS. The van der Waals surface area contributed by atoms with E-state index in [1.807, 2.05) is 48.5 Å². The van der Waals surface area contributed by atoms with Crippen LogP contribution in [-0.4, -0.2) is 36.2 Å². The highest BCUT2D eigenvalue weighted by atomic mass is 32.1. The lowest BCUT2D eigenvalue weighted by Gasteiger charge is -2.13. The van der Waals surface area contributed by atoms with Gasteiger partial charge < -0.3 is 15.4 Å². The Morgan fingerprint density at radius 3 is 2.32 bits per heavy atom. The van der Waals surface area contributed by atoms with Crippen molar-refractivity contribution < 1.29 is 17.9 Å². The van der Waals surface area contributed by atoms with Crippen LogP contribution >= 0.6 is 12.2 Å². The number of alkyl halides is 3. The molecule has 3 heterocycles. The van der Waals surface area contributed by atoms with E-state index in [2.05, 4.69) is 35.4 Å². The number of nitrogens with one attached hydrogen (secondary N) is 2.